The number of ether oxygens (including phenoxy) is 1. The number of rotatable bonds is 8. The van der Waals surface area contributed by atoms with Gasteiger partial charge < -0.3 is 20.9 Å². The Morgan fingerprint density at radius 1 is 1.13 bits per heavy atom. The van der Waals surface area contributed by atoms with Gasteiger partial charge in [0, 0.05) is 17.7 Å². The lowest BCUT2D eigenvalue weighted by Crippen LogP contribution is -2.11. The predicted octanol–water partition coefficient (Wildman–Crippen LogP) is 4.89. The number of benzene rings is 2. The molecule has 1 heterocycles. The number of alkyl halides is 2. The number of amides is 1. The van der Waals surface area contributed by atoms with Crippen LogP contribution < -0.4 is 15.8 Å². The van der Waals surface area contributed by atoms with E-state index >= 15 is 0 Å². The molecule has 6 nitrogen and oxygen atoms in total. The number of aromatic nitrogens is 1. The second-order valence-corrected chi connectivity index (χ2v) is 7.37. The van der Waals surface area contributed by atoms with Crippen molar-refractivity contribution >= 4 is 11.7 Å². The summed E-state index contributed by atoms with van der Waals surface area (Å²) < 4.78 is 30.5. The van der Waals surface area contributed by atoms with Crippen molar-refractivity contribution in [2.75, 3.05) is 11.9 Å². The Hall–Kier alpha value is -3.68. The number of anilines is 1. The number of hydrogen-bond acceptors (Lipinski definition) is 5. The fourth-order valence-electron chi connectivity index (χ4n) is 3.03. The third kappa shape index (κ3) is 5.48. The third-order valence-electron chi connectivity index (χ3n) is 4.49. The number of carbonyl (C=O) groups excluding carboxylic acids is 1. The smallest absolute Gasteiger partial charge is 0.387 e. The molecule has 0 spiro atoms. The Labute approximate surface area is 178 Å². The molecular weight excluding hydrogens is 404 g/mol. The summed E-state index contributed by atoms with van der Waals surface area (Å²) in [5, 5.41) is 13.1. The molecule has 2 aromatic carbocycles. The first-order chi connectivity index (χ1) is 14.7. The Morgan fingerprint density at radius 3 is 2.55 bits per heavy atom. The molecule has 0 saturated heterocycles. The van der Waals surface area contributed by atoms with Gasteiger partial charge in [0.1, 0.15) is 17.3 Å². The highest BCUT2D eigenvalue weighted by Crippen LogP contribution is 2.35. The Morgan fingerprint density at radius 2 is 1.87 bits per heavy atom. The van der Waals surface area contributed by atoms with Crippen LogP contribution in [0.3, 0.4) is 0 Å². The molecule has 8 heteroatoms. The Balaban J connectivity index is 2.15. The molecule has 0 aliphatic carbocycles. The molecule has 0 aliphatic rings. The van der Waals surface area contributed by atoms with E-state index in [1.54, 1.807) is 36.4 Å². The lowest BCUT2D eigenvalue weighted by Gasteiger charge is -2.15. The molecule has 1 aromatic heterocycles. The normalized spacial score (nSPS) is 11.0. The van der Waals surface area contributed by atoms with Gasteiger partial charge in [-0.05, 0) is 47.9 Å². The molecular formula is C23H23F2N3O3. The number of carbonyl (C=O) groups is 1. The maximum atomic E-state index is 12.9. The number of nitrogens with two attached hydrogens (primary N) is 1. The van der Waals surface area contributed by atoms with Crippen molar-refractivity contribution in [3.8, 4) is 33.9 Å². The highest BCUT2D eigenvalue weighted by Gasteiger charge is 2.15. The number of pyridine rings is 1. The molecule has 0 saturated carbocycles. The highest BCUT2D eigenvalue weighted by molar-refractivity contribution is 5.97. The maximum absolute atomic E-state index is 12.9. The van der Waals surface area contributed by atoms with Crippen molar-refractivity contribution in [2.24, 2.45) is 11.7 Å². The molecule has 0 atom stereocenters. The van der Waals surface area contributed by atoms with E-state index in [1.165, 1.54) is 18.2 Å². The standard InChI is InChI=1S/C23H23F2N3O3/c1-13(2)12-27-21-11-15(16-5-3-4-6-20(16)31-23(24)25)10-18(28-21)14-7-8-19(29)17(9-14)22(26)30/h3-11,13,23,29H,12H2,1-2H3,(H2,26,30)(H,27,28). The fourth-order valence-corrected chi connectivity index (χ4v) is 3.03. The van der Waals surface area contributed by atoms with Gasteiger partial charge in [-0.15, -0.1) is 0 Å². The number of primary amides is 1. The van der Waals surface area contributed by atoms with Crippen LogP contribution in [0.2, 0.25) is 0 Å². The summed E-state index contributed by atoms with van der Waals surface area (Å²) in [6.07, 6.45) is 0. The van der Waals surface area contributed by atoms with E-state index in [2.05, 4.69) is 15.0 Å². The zero-order valence-electron chi connectivity index (χ0n) is 17.1. The minimum atomic E-state index is -2.96. The van der Waals surface area contributed by atoms with Crippen LogP contribution in [0.4, 0.5) is 14.6 Å². The van der Waals surface area contributed by atoms with Crippen molar-refractivity contribution in [3.63, 3.8) is 0 Å². The largest absolute Gasteiger partial charge is 0.507 e. The summed E-state index contributed by atoms with van der Waals surface area (Å²) in [6, 6.07) is 14.3. The molecule has 3 aromatic rings. The fraction of sp³-hybridized carbons (Fsp3) is 0.217. The minimum absolute atomic E-state index is 0.0352. The summed E-state index contributed by atoms with van der Waals surface area (Å²) in [5.41, 5.74) is 7.37. The first-order valence-corrected chi connectivity index (χ1v) is 9.68. The van der Waals surface area contributed by atoms with Gasteiger partial charge in [-0.3, -0.25) is 4.79 Å². The number of halogens is 2. The molecule has 1 amide bonds. The van der Waals surface area contributed by atoms with Gasteiger partial charge in [0.15, 0.2) is 0 Å². The van der Waals surface area contributed by atoms with E-state index in [-0.39, 0.29) is 17.1 Å². The molecule has 0 radical (unpaired) electrons. The van der Waals surface area contributed by atoms with Gasteiger partial charge in [0.05, 0.1) is 11.3 Å². The van der Waals surface area contributed by atoms with Gasteiger partial charge >= 0.3 is 6.61 Å². The van der Waals surface area contributed by atoms with Gasteiger partial charge in [-0.1, -0.05) is 32.0 Å². The van der Waals surface area contributed by atoms with E-state index < -0.39 is 12.5 Å². The number of hydrogen-bond donors (Lipinski definition) is 3. The maximum Gasteiger partial charge on any atom is 0.387 e. The lowest BCUT2D eigenvalue weighted by atomic mass is 10.0. The van der Waals surface area contributed by atoms with E-state index in [0.717, 1.165) is 0 Å². The molecule has 0 aliphatic heterocycles. The zero-order valence-corrected chi connectivity index (χ0v) is 17.1. The van der Waals surface area contributed by atoms with Crippen LogP contribution in [0.25, 0.3) is 22.4 Å². The lowest BCUT2D eigenvalue weighted by molar-refractivity contribution is -0.0494. The van der Waals surface area contributed by atoms with Crippen molar-refractivity contribution in [3.05, 3.63) is 60.2 Å². The van der Waals surface area contributed by atoms with Crippen molar-refractivity contribution < 1.29 is 23.4 Å². The predicted molar refractivity (Wildman–Crippen MR) is 115 cm³/mol. The first kappa shape index (κ1) is 22.0. The van der Waals surface area contributed by atoms with E-state index in [4.69, 9.17) is 5.73 Å². The van der Waals surface area contributed by atoms with Crippen molar-refractivity contribution in [1.82, 2.24) is 4.98 Å². The van der Waals surface area contributed by atoms with Gasteiger partial charge in [0.2, 0.25) is 0 Å². The average molecular weight is 427 g/mol. The Kier molecular flexibility index (Phi) is 6.69. The van der Waals surface area contributed by atoms with Crippen LogP contribution in [0, 0.1) is 5.92 Å². The van der Waals surface area contributed by atoms with Crippen LogP contribution in [0.15, 0.2) is 54.6 Å². The van der Waals surface area contributed by atoms with Crippen LogP contribution in [0.5, 0.6) is 11.5 Å². The van der Waals surface area contributed by atoms with Crippen LogP contribution in [0.1, 0.15) is 24.2 Å². The monoisotopic (exact) mass is 427 g/mol. The van der Waals surface area contributed by atoms with Gasteiger partial charge in [-0.25, -0.2) is 4.98 Å². The minimum Gasteiger partial charge on any atom is -0.507 e. The first-order valence-electron chi connectivity index (χ1n) is 9.68. The summed E-state index contributed by atoms with van der Waals surface area (Å²) in [7, 11) is 0. The Bertz CT molecular complexity index is 1090. The molecule has 162 valence electrons. The van der Waals surface area contributed by atoms with Crippen LogP contribution in [-0.4, -0.2) is 29.2 Å². The number of aromatic hydroxyl groups is 1. The third-order valence-corrected chi connectivity index (χ3v) is 4.49. The van der Waals surface area contributed by atoms with Crippen LogP contribution >= 0.6 is 0 Å². The van der Waals surface area contributed by atoms with Crippen LogP contribution in [-0.2, 0) is 0 Å². The number of para-hydroxylation sites is 1. The molecule has 3 rings (SSSR count). The molecule has 31 heavy (non-hydrogen) atoms. The molecule has 0 fully saturated rings. The van der Waals surface area contributed by atoms with Crippen molar-refractivity contribution in [2.45, 2.75) is 20.5 Å². The quantitative estimate of drug-likeness (QED) is 0.476. The average Bonchev–Trinajstić information content (AvgIpc) is 2.72. The van der Waals surface area contributed by atoms with Gasteiger partial charge in [-0.2, -0.15) is 8.78 Å². The molecule has 4 N–H and O–H groups in total. The summed E-state index contributed by atoms with van der Waals surface area (Å²) >= 11 is 0. The highest BCUT2D eigenvalue weighted by atomic mass is 19.3. The summed E-state index contributed by atoms with van der Waals surface area (Å²) in [5.74, 6) is -0.0983. The number of nitrogens with zero attached hydrogens (tertiary/aromatic N) is 1. The molecule has 0 unspecified atom stereocenters. The van der Waals surface area contributed by atoms with E-state index in [0.29, 0.717) is 40.7 Å². The van der Waals surface area contributed by atoms with E-state index in [9.17, 15) is 18.7 Å². The van der Waals surface area contributed by atoms with Crippen molar-refractivity contribution in [1.29, 1.82) is 0 Å². The molecule has 0 bridgehead atoms. The topological polar surface area (TPSA) is 97.5 Å². The van der Waals surface area contributed by atoms with E-state index in [1.807, 2.05) is 13.8 Å². The SMILES string of the molecule is CC(C)CNc1cc(-c2ccccc2OC(F)F)cc(-c2ccc(O)c(C(N)=O)c2)n1. The summed E-state index contributed by atoms with van der Waals surface area (Å²) in [4.78, 5) is 16.2. The number of phenols is 1. The number of nitrogens with one attached hydrogen (secondary N) is 1. The zero-order chi connectivity index (χ0) is 22.5. The summed E-state index contributed by atoms with van der Waals surface area (Å²) in [6.45, 7) is 1.77. The second kappa shape index (κ2) is 9.42. The second-order valence-electron chi connectivity index (χ2n) is 7.37. The van der Waals surface area contributed by atoms with Gasteiger partial charge in [0.25, 0.3) is 5.91 Å².